The number of anilines is 1. The van der Waals surface area contributed by atoms with Crippen LogP contribution in [-0.2, 0) is 0 Å². The molecular formula is C15H16N4O. The Morgan fingerprint density at radius 2 is 2.25 bits per heavy atom. The third kappa shape index (κ3) is 2.15. The molecule has 0 spiro atoms. The highest BCUT2D eigenvalue weighted by Gasteiger charge is 2.27. The summed E-state index contributed by atoms with van der Waals surface area (Å²) < 4.78 is 5.25. The van der Waals surface area contributed by atoms with E-state index in [0.29, 0.717) is 11.6 Å². The molecule has 5 nitrogen and oxygen atoms in total. The van der Waals surface area contributed by atoms with Gasteiger partial charge >= 0.3 is 0 Å². The van der Waals surface area contributed by atoms with E-state index in [4.69, 9.17) is 10.5 Å². The fraction of sp³-hybridized carbons (Fsp3) is 0.333. The van der Waals surface area contributed by atoms with Crippen molar-refractivity contribution in [3.8, 4) is 11.8 Å². The van der Waals surface area contributed by atoms with E-state index in [-0.39, 0.29) is 6.04 Å². The van der Waals surface area contributed by atoms with Gasteiger partial charge in [0.1, 0.15) is 11.8 Å². The molecule has 1 aliphatic carbocycles. The molecule has 3 N–H and O–H groups in total. The number of nitrogens with zero attached hydrogens (tertiary/aromatic N) is 2. The highest BCUT2D eigenvalue weighted by molar-refractivity contribution is 5.95. The molecule has 0 radical (unpaired) electrons. The third-order valence-corrected chi connectivity index (χ3v) is 3.72. The summed E-state index contributed by atoms with van der Waals surface area (Å²) in [4.78, 5) is 4.31. The molecule has 1 aliphatic rings. The molecule has 2 aromatic rings. The first-order valence-corrected chi connectivity index (χ1v) is 6.60. The Morgan fingerprint density at radius 1 is 1.45 bits per heavy atom. The van der Waals surface area contributed by atoms with Gasteiger partial charge in [-0.25, -0.2) is 0 Å². The van der Waals surface area contributed by atoms with Gasteiger partial charge in [-0.05, 0) is 31.0 Å². The number of nitriles is 1. The van der Waals surface area contributed by atoms with Gasteiger partial charge in [0.15, 0.2) is 0 Å². The lowest BCUT2D eigenvalue weighted by molar-refractivity contribution is 0.374. The number of ether oxygens (including phenoxy) is 1. The van der Waals surface area contributed by atoms with Crippen molar-refractivity contribution in [2.24, 2.45) is 5.73 Å². The first-order chi connectivity index (χ1) is 9.71. The zero-order valence-electron chi connectivity index (χ0n) is 11.3. The molecule has 0 aliphatic heterocycles. The number of fused-ring (bicyclic) bond motifs is 1. The van der Waals surface area contributed by atoms with Crippen LogP contribution in [0, 0.1) is 11.3 Å². The van der Waals surface area contributed by atoms with E-state index in [2.05, 4.69) is 16.4 Å². The molecular weight excluding hydrogens is 252 g/mol. The normalized spacial score (nSPS) is 21.1. The molecule has 20 heavy (non-hydrogen) atoms. The summed E-state index contributed by atoms with van der Waals surface area (Å²) in [5.41, 5.74) is 8.03. The number of nitrogens with one attached hydrogen (secondary N) is 1. The number of benzene rings is 1. The number of rotatable bonds is 3. The average Bonchev–Trinajstić information content (AvgIpc) is 2.45. The van der Waals surface area contributed by atoms with E-state index in [9.17, 15) is 5.26 Å². The maximum Gasteiger partial charge on any atom is 0.119 e. The highest BCUT2D eigenvalue weighted by atomic mass is 16.5. The lowest BCUT2D eigenvalue weighted by Crippen LogP contribution is -2.44. The highest BCUT2D eigenvalue weighted by Crippen LogP contribution is 2.32. The smallest absolute Gasteiger partial charge is 0.119 e. The second-order valence-electron chi connectivity index (χ2n) is 5.11. The summed E-state index contributed by atoms with van der Waals surface area (Å²) in [5, 5.41) is 13.6. The Kier molecular flexibility index (Phi) is 3.17. The predicted molar refractivity (Wildman–Crippen MR) is 77.6 cm³/mol. The Bertz CT molecular complexity index is 686. The van der Waals surface area contributed by atoms with Crippen LogP contribution in [0.4, 0.5) is 5.69 Å². The molecule has 102 valence electrons. The van der Waals surface area contributed by atoms with E-state index < -0.39 is 0 Å². The molecule has 0 unspecified atom stereocenters. The van der Waals surface area contributed by atoms with Gasteiger partial charge < -0.3 is 15.8 Å². The van der Waals surface area contributed by atoms with Gasteiger partial charge in [0, 0.05) is 23.7 Å². The lowest BCUT2D eigenvalue weighted by atomic mass is 9.87. The summed E-state index contributed by atoms with van der Waals surface area (Å²) in [5.74, 6) is 0.753. The summed E-state index contributed by atoms with van der Waals surface area (Å²) in [6.45, 7) is 0. The van der Waals surface area contributed by atoms with Crippen molar-refractivity contribution in [3.63, 3.8) is 0 Å². The number of hydrogen-bond donors (Lipinski definition) is 2. The van der Waals surface area contributed by atoms with Crippen molar-refractivity contribution in [3.05, 3.63) is 30.0 Å². The number of aromatic nitrogens is 1. The van der Waals surface area contributed by atoms with Crippen molar-refractivity contribution >= 4 is 16.6 Å². The number of hydrogen-bond acceptors (Lipinski definition) is 5. The minimum atomic E-state index is 0.265. The van der Waals surface area contributed by atoms with Crippen LogP contribution in [0.1, 0.15) is 18.4 Å². The zero-order chi connectivity index (χ0) is 14.1. The summed E-state index contributed by atoms with van der Waals surface area (Å²) in [6, 6.07) is 8.45. The van der Waals surface area contributed by atoms with Crippen LogP contribution in [0.5, 0.6) is 5.75 Å². The second-order valence-corrected chi connectivity index (χ2v) is 5.11. The van der Waals surface area contributed by atoms with Crippen LogP contribution in [0.25, 0.3) is 10.9 Å². The van der Waals surface area contributed by atoms with Gasteiger partial charge in [-0.3, -0.25) is 4.98 Å². The second kappa shape index (κ2) is 4.99. The largest absolute Gasteiger partial charge is 0.497 e. The zero-order valence-corrected chi connectivity index (χ0v) is 11.3. The molecule has 1 fully saturated rings. The summed E-state index contributed by atoms with van der Waals surface area (Å²) >= 11 is 0. The molecule has 1 aromatic heterocycles. The van der Waals surface area contributed by atoms with E-state index in [1.54, 1.807) is 13.3 Å². The quantitative estimate of drug-likeness (QED) is 0.889. The molecule has 0 saturated heterocycles. The summed E-state index contributed by atoms with van der Waals surface area (Å²) in [6.07, 6.45) is 3.47. The molecule has 1 heterocycles. The maximum atomic E-state index is 9.27. The van der Waals surface area contributed by atoms with Crippen molar-refractivity contribution in [1.29, 1.82) is 5.26 Å². The van der Waals surface area contributed by atoms with Crippen molar-refractivity contribution in [2.45, 2.75) is 24.9 Å². The molecule has 5 heteroatoms. The Morgan fingerprint density at radius 3 is 2.90 bits per heavy atom. The van der Waals surface area contributed by atoms with Crippen molar-refractivity contribution in [1.82, 2.24) is 4.98 Å². The lowest BCUT2D eigenvalue weighted by Gasteiger charge is -2.34. The van der Waals surface area contributed by atoms with Crippen LogP contribution < -0.4 is 15.8 Å². The molecule has 0 atom stereocenters. The van der Waals surface area contributed by atoms with Crippen LogP contribution in [0.15, 0.2) is 24.4 Å². The van der Waals surface area contributed by atoms with Gasteiger partial charge in [0.05, 0.1) is 23.9 Å². The monoisotopic (exact) mass is 268 g/mol. The van der Waals surface area contributed by atoms with Gasteiger partial charge in [0.25, 0.3) is 0 Å². The molecule has 1 aromatic carbocycles. The average molecular weight is 268 g/mol. The van der Waals surface area contributed by atoms with Crippen LogP contribution in [0.3, 0.4) is 0 Å². The Labute approximate surface area is 117 Å². The van der Waals surface area contributed by atoms with Gasteiger partial charge in [0.2, 0.25) is 0 Å². The fourth-order valence-corrected chi connectivity index (χ4v) is 2.52. The van der Waals surface area contributed by atoms with Crippen LogP contribution in [0.2, 0.25) is 0 Å². The van der Waals surface area contributed by atoms with Crippen LogP contribution in [-0.4, -0.2) is 24.2 Å². The standard InChI is InChI=1S/C15H16N4O/c1-20-12-2-3-14-13(6-12)15(9(7-16)8-18-14)19-11-4-10(17)5-11/h2-3,6,8,10-11H,4-5,17H2,1H3,(H,18,19). The minimum absolute atomic E-state index is 0.265. The SMILES string of the molecule is COc1ccc2ncc(C#N)c(NC3CC(N)C3)c2c1. The molecule has 1 saturated carbocycles. The Hall–Kier alpha value is -2.32. The van der Waals surface area contributed by atoms with Crippen molar-refractivity contribution in [2.75, 3.05) is 12.4 Å². The van der Waals surface area contributed by atoms with E-state index in [1.165, 1.54) is 0 Å². The number of pyridine rings is 1. The first kappa shape index (κ1) is 12.7. The van der Waals surface area contributed by atoms with E-state index in [0.717, 1.165) is 35.2 Å². The number of methoxy groups -OCH3 is 1. The third-order valence-electron chi connectivity index (χ3n) is 3.72. The van der Waals surface area contributed by atoms with Gasteiger partial charge in [-0.2, -0.15) is 5.26 Å². The Balaban J connectivity index is 2.07. The van der Waals surface area contributed by atoms with E-state index in [1.807, 2.05) is 18.2 Å². The van der Waals surface area contributed by atoms with E-state index >= 15 is 0 Å². The predicted octanol–water partition coefficient (Wildman–Crippen LogP) is 2.02. The number of nitrogens with two attached hydrogens (primary N) is 1. The van der Waals surface area contributed by atoms with Gasteiger partial charge in [-0.15, -0.1) is 0 Å². The van der Waals surface area contributed by atoms with Crippen LogP contribution >= 0.6 is 0 Å². The molecule has 0 amide bonds. The first-order valence-electron chi connectivity index (χ1n) is 6.60. The minimum Gasteiger partial charge on any atom is -0.497 e. The van der Waals surface area contributed by atoms with Gasteiger partial charge in [-0.1, -0.05) is 0 Å². The fourth-order valence-electron chi connectivity index (χ4n) is 2.52. The topological polar surface area (TPSA) is 84.0 Å². The maximum absolute atomic E-state index is 9.27. The molecule has 3 rings (SSSR count). The summed E-state index contributed by atoms with van der Waals surface area (Å²) in [7, 11) is 1.63. The molecule has 0 bridgehead atoms. The van der Waals surface area contributed by atoms with Crippen molar-refractivity contribution < 1.29 is 4.74 Å².